The van der Waals surface area contributed by atoms with Crippen LogP contribution >= 0.6 is 22.9 Å². The van der Waals surface area contributed by atoms with Gasteiger partial charge in [0.25, 0.3) is 0 Å². The van der Waals surface area contributed by atoms with Crippen LogP contribution in [0.25, 0.3) is 0 Å². The molecule has 0 radical (unpaired) electrons. The van der Waals surface area contributed by atoms with E-state index in [1.54, 1.807) is 24.3 Å². The fraction of sp³-hybridized carbons (Fsp3) is 0.333. The molecule has 118 valence electrons. The zero-order valence-corrected chi connectivity index (χ0v) is 14.1. The summed E-state index contributed by atoms with van der Waals surface area (Å²) in [6, 6.07) is 7.32. The first kappa shape index (κ1) is 16.6. The van der Waals surface area contributed by atoms with Crippen LogP contribution < -0.4 is 10.1 Å². The summed E-state index contributed by atoms with van der Waals surface area (Å²) in [5.41, 5.74) is 0.940. The summed E-state index contributed by atoms with van der Waals surface area (Å²) in [5.74, 6) is 0.535. The Bertz CT molecular complexity index is 633. The van der Waals surface area contributed by atoms with E-state index >= 15 is 0 Å². The average molecular weight is 340 g/mol. The number of halogens is 1. The molecule has 2 aromatic rings. The number of carbonyl (C=O) groups excluding carboxylic acids is 1. The lowest BCUT2D eigenvalue weighted by Crippen LogP contribution is -2.38. The highest BCUT2D eigenvalue weighted by atomic mass is 35.5. The molecule has 0 spiro atoms. The minimum absolute atomic E-state index is 0.109. The number of rotatable bonds is 6. The summed E-state index contributed by atoms with van der Waals surface area (Å²) in [5, 5.41) is 2.90. The van der Waals surface area contributed by atoms with Crippen molar-refractivity contribution in [1.82, 2.24) is 15.2 Å². The predicted octanol–water partition coefficient (Wildman–Crippen LogP) is 3.54. The topological polar surface area (TPSA) is 54.5 Å². The third-order valence-corrected chi connectivity index (χ3v) is 4.31. The SMILES string of the molecule is CCN(Cc1ccc(Cl)s1)C(=O)NCc1ccnc(OC)c1. The summed E-state index contributed by atoms with van der Waals surface area (Å²) in [7, 11) is 1.57. The van der Waals surface area contributed by atoms with Crippen molar-refractivity contribution in [3.05, 3.63) is 45.2 Å². The van der Waals surface area contributed by atoms with Gasteiger partial charge in [-0.2, -0.15) is 0 Å². The minimum Gasteiger partial charge on any atom is -0.481 e. The molecule has 0 saturated carbocycles. The lowest BCUT2D eigenvalue weighted by Gasteiger charge is -2.20. The molecule has 0 aromatic carbocycles. The molecule has 7 heteroatoms. The molecule has 1 N–H and O–H groups in total. The van der Waals surface area contributed by atoms with E-state index in [4.69, 9.17) is 16.3 Å². The van der Waals surface area contributed by atoms with Gasteiger partial charge in [0.15, 0.2) is 0 Å². The van der Waals surface area contributed by atoms with Gasteiger partial charge in [-0.05, 0) is 30.7 Å². The van der Waals surface area contributed by atoms with Crippen molar-refractivity contribution in [2.45, 2.75) is 20.0 Å². The number of nitrogens with one attached hydrogen (secondary N) is 1. The Kier molecular flexibility index (Phi) is 6.03. The van der Waals surface area contributed by atoms with Crippen LogP contribution in [0.4, 0.5) is 4.79 Å². The van der Waals surface area contributed by atoms with E-state index < -0.39 is 0 Å². The van der Waals surface area contributed by atoms with Crippen molar-refractivity contribution in [2.24, 2.45) is 0 Å². The Hall–Kier alpha value is -1.79. The highest BCUT2D eigenvalue weighted by molar-refractivity contribution is 7.16. The van der Waals surface area contributed by atoms with Crippen LogP contribution in [-0.4, -0.2) is 29.6 Å². The van der Waals surface area contributed by atoms with E-state index in [1.165, 1.54) is 11.3 Å². The van der Waals surface area contributed by atoms with Crippen molar-refractivity contribution in [1.29, 1.82) is 0 Å². The van der Waals surface area contributed by atoms with E-state index in [9.17, 15) is 4.79 Å². The number of thiophene rings is 1. The second-order valence-corrected chi connectivity index (χ2v) is 6.38. The number of aromatic nitrogens is 1. The van der Waals surface area contributed by atoms with Gasteiger partial charge >= 0.3 is 6.03 Å². The molecular formula is C15H18ClN3O2S. The van der Waals surface area contributed by atoms with E-state index in [0.29, 0.717) is 25.5 Å². The van der Waals surface area contributed by atoms with Crippen LogP contribution in [0.1, 0.15) is 17.4 Å². The fourth-order valence-corrected chi connectivity index (χ4v) is 3.02. The number of nitrogens with zero attached hydrogens (tertiary/aromatic N) is 2. The molecule has 0 unspecified atom stereocenters. The highest BCUT2D eigenvalue weighted by Gasteiger charge is 2.13. The van der Waals surface area contributed by atoms with Crippen molar-refractivity contribution >= 4 is 29.0 Å². The minimum atomic E-state index is -0.109. The molecule has 0 saturated heterocycles. The van der Waals surface area contributed by atoms with Gasteiger partial charge < -0.3 is 15.0 Å². The number of urea groups is 1. The molecule has 2 aromatic heterocycles. The Morgan fingerprint density at radius 1 is 1.45 bits per heavy atom. The molecule has 0 bridgehead atoms. The lowest BCUT2D eigenvalue weighted by molar-refractivity contribution is 0.198. The number of carbonyl (C=O) groups is 1. The number of ether oxygens (including phenoxy) is 1. The van der Waals surface area contributed by atoms with Gasteiger partial charge in [0.05, 0.1) is 18.0 Å². The van der Waals surface area contributed by atoms with Crippen LogP contribution in [0, 0.1) is 0 Å². The molecule has 22 heavy (non-hydrogen) atoms. The van der Waals surface area contributed by atoms with Crippen molar-refractivity contribution in [3.63, 3.8) is 0 Å². The lowest BCUT2D eigenvalue weighted by atomic mass is 10.2. The summed E-state index contributed by atoms with van der Waals surface area (Å²) >= 11 is 7.41. The molecule has 2 rings (SSSR count). The van der Waals surface area contributed by atoms with Gasteiger partial charge in [-0.25, -0.2) is 9.78 Å². The first-order chi connectivity index (χ1) is 10.6. The molecule has 2 heterocycles. The average Bonchev–Trinajstić information content (AvgIpc) is 2.95. The number of methoxy groups -OCH3 is 1. The quantitative estimate of drug-likeness (QED) is 0.875. The van der Waals surface area contributed by atoms with Gasteiger partial charge in [-0.3, -0.25) is 0 Å². The van der Waals surface area contributed by atoms with Gasteiger partial charge in [0.1, 0.15) is 0 Å². The first-order valence-corrected chi connectivity index (χ1v) is 8.07. The molecule has 0 atom stereocenters. The van der Waals surface area contributed by atoms with Crippen LogP contribution in [-0.2, 0) is 13.1 Å². The molecule has 0 fully saturated rings. The molecule has 0 aliphatic rings. The zero-order valence-electron chi connectivity index (χ0n) is 12.5. The Morgan fingerprint density at radius 2 is 2.27 bits per heavy atom. The standard InChI is InChI=1S/C15H18ClN3O2S/c1-3-19(10-12-4-5-13(16)22-12)15(20)18-9-11-6-7-17-14(8-11)21-2/h4-8H,3,9-10H2,1-2H3,(H,18,20). The number of hydrogen-bond donors (Lipinski definition) is 1. The van der Waals surface area contributed by atoms with Crippen molar-refractivity contribution in [3.8, 4) is 5.88 Å². The van der Waals surface area contributed by atoms with Gasteiger partial charge in [0.2, 0.25) is 5.88 Å². The zero-order chi connectivity index (χ0) is 15.9. The van der Waals surface area contributed by atoms with Crippen molar-refractivity contribution < 1.29 is 9.53 Å². The largest absolute Gasteiger partial charge is 0.481 e. The Morgan fingerprint density at radius 3 is 2.91 bits per heavy atom. The second kappa shape index (κ2) is 8.00. The van der Waals surface area contributed by atoms with Crippen LogP contribution in [0.2, 0.25) is 4.34 Å². The number of pyridine rings is 1. The number of hydrogen-bond acceptors (Lipinski definition) is 4. The molecule has 5 nitrogen and oxygen atoms in total. The van der Waals surface area contributed by atoms with E-state index in [0.717, 1.165) is 14.8 Å². The number of amides is 2. The highest BCUT2D eigenvalue weighted by Crippen LogP contribution is 2.22. The second-order valence-electron chi connectivity index (χ2n) is 4.59. The summed E-state index contributed by atoms with van der Waals surface area (Å²) in [4.78, 5) is 19.1. The maximum absolute atomic E-state index is 12.3. The summed E-state index contributed by atoms with van der Waals surface area (Å²) in [6.45, 7) is 3.56. The normalized spacial score (nSPS) is 10.3. The first-order valence-electron chi connectivity index (χ1n) is 6.88. The summed E-state index contributed by atoms with van der Waals surface area (Å²) in [6.07, 6.45) is 1.66. The predicted molar refractivity (Wildman–Crippen MR) is 88.4 cm³/mol. The Labute approximate surface area is 138 Å². The van der Waals surface area contributed by atoms with Crippen LogP contribution in [0.5, 0.6) is 5.88 Å². The van der Waals surface area contributed by atoms with Crippen LogP contribution in [0.15, 0.2) is 30.5 Å². The van der Waals surface area contributed by atoms with Crippen LogP contribution in [0.3, 0.4) is 0 Å². The van der Waals surface area contributed by atoms with E-state index in [-0.39, 0.29) is 6.03 Å². The van der Waals surface area contributed by atoms with E-state index in [2.05, 4.69) is 10.3 Å². The smallest absolute Gasteiger partial charge is 0.317 e. The molecular weight excluding hydrogens is 322 g/mol. The van der Waals surface area contributed by atoms with Crippen molar-refractivity contribution in [2.75, 3.05) is 13.7 Å². The Balaban J connectivity index is 1.91. The third-order valence-electron chi connectivity index (χ3n) is 3.10. The molecule has 0 aliphatic heterocycles. The molecule has 0 aliphatic carbocycles. The monoisotopic (exact) mass is 339 g/mol. The van der Waals surface area contributed by atoms with E-state index in [1.807, 2.05) is 25.1 Å². The third kappa shape index (κ3) is 4.61. The van der Waals surface area contributed by atoms with Gasteiger partial charge in [-0.1, -0.05) is 11.6 Å². The maximum Gasteiger partial charge on any atom is 0.317 e. The summed E-state index contributed by atoms with van der Waals surface area (Å²) < 4.78 is 5.80. The maximum atomic E-state index is 12.3. The molecule has 2 amide bonds. The van der Waals surface area contributed by atoms with Gasteiger partial charge in [0, 0.05) is 30.2 Å². The fourth-order valence-electron chi connectivity index (χ4n) is 1.91. The van der Waals surface area contributed by atoms with Gasteiger partial charge in [-0.15, -0.1) is 11.3 Å².